The fraction of sp³-hybridized carbons (Fsp3) is 0.316. The first kappa shape index (κ1) is 15.7. The van der Waals surface area contributed by atoms with Crippen LogP contribution in [0.2, 0.25) is 0 Å². The molecule has 0 aliphatic carbocycles. The van der Waals surface area contributed by atoms with Crippen molar-refractivity contribution in [1.82, 2.24) is 10.2 Å². The summed E-state index contributed by atoms with van der Waals surface area (Å²) in [5.41, 5.74) is 8.63. The lowest BCUT2D eigenvalue weighted by Gasteiger charge is -2.17. The maximum atomic E-state index is 12.3. The molecule has 1 aliphatic heterocycles. The summed E-state index contributed by atoms with van der Waals surface area (Å²) in [6, 6.07) is 18.2. The maximum Gasteiger partial charge on any atom is 0.251 e. The number of nitrogens with one attached hydrogen (secondary N) is 1. The third kappa shape index (κ3) is 4.18. The molecule has 2 aromatic carbocycles. The van der Waals surface area contributed by atoms with Crippen LogP contribution >= 0.6 is 0 Å². The molecule has 0 spiro atoms. The molecule has 3 rings (SSSR count). The number of nitrogens with zero attached hydrogens (tertiary/aromatic N) is 1. The molecule has 1 unspecified atom stereocenters. The quantitative estimate of drug-likeness (QED) is 0.890. The first-order valence-electron chi connectivity index (χ1n) is 8.11. The average Bonchev–Trinajstić information content (AvgIpc) is 3.02. The van der Waals surface area contributed by atoms with Gasteiger partial charge in [-0.3, -0.25) is 9.69 Å². The number of rotatable bonds is 5. The molecule has 2 aromatic rings. The summed E-state index contributed by atoms with van der Waals surface area (Å²) in [4.78, 5) is 14.7. The summed E-state index contributed by atoms with van der Waals surface area (Å²) in [5, 5.41) is 3.14. The van der Waals surface area contributed by atoms with Crippen molar-refractivity contribution in [1.29, 1.82) is 0 Å². The fourth-order valence-corrected chi connectivity index (χ4v) is 3.00. The Morgan fingerprint density at radius 2 is 1.83 bits per heavy atom. The first-order valence-corrected chi connectivity index (χ1v) is 8.11. The second-order valence-electron chi connectivity index (χ2n) is 6.08. The first-order chi connectivity index (χ1) is 11.2. The van der Waals surface area contributed by atoms with Gasteiger partial charge in [-0.1, -0.05) is 42.5 Å². The highest BCUT2D eigenvalue weighted by Crippen LogP contribution is 2.14. The molecule has 3 N–H and O–H groups in total. The van der Waals surface area contributed by atoms with Crippen LogP contribution < -0.4 is 11.1 Å². The SMILES string of the molecule is NCc1ccc(C(=O)NC2CCN(Cc3ccccc3)C2)cc1. The van der Waals surface area contributed by atoms with E-state index in [9.17, 15) is 4.79 Å². The van der Waals surface area contributed by atoms with Gasteiger partial charge in [0.15, 0.2) is 0 Å². The van der Waals surface area contributed by atoms with Crippen molar-refractivity contribution in [2.45, 2.75) is 25.6 Å². The Morgan fingerprint density at radius 3 is 2.52 bits per heavy atom. The van der Waals surface area contributed by atoms with E-state index in [1.807, 2.05) is 30.3 Å². The molecule has 1 atom stereocenters. The normalized spacial score (nSPS) is 18.0. The van der Waals surface area contributed by atoms with Crippen LogP contribution in [0, 0.1) is 0 Å². The summed E-state index contributed by atoms with van der Waals surface area (Å²) in [6.07, 6.45) is 0.999. The van der Waals surface area contributed by atoms with E-state index in [0.29, 0.717) is 12.1 Å². The van der Waals surface area contributed by atoms with Crippen LogP contribution in [0.5, 0.6) is 0 Å². The molecule has 1 fully saturated rings. The molecule has 1 heterocycles. The van der Waals surface area contributed by atoms with E-state index >= 15 is 0 Å². The molecule has 0 aromatic heterocycles. The van der Waals surface area contributed by atoms with Gasteiger partial charge in [0.05, 0.1) is 0 Å². The van der Waals surface area contributed by atoms with Crippen LogP contribution in [0.25, 0.3) is 0 Å². The summed E-state index contributed by atoms with van der Waals surface area (Å²) in [7, 11) is 0. The lowest BCUT2D eigenvalue weighted by molar-refractivity contribution is 0.0937. The molecular weight excluding hydrogens is 286 g/mol. The lowest BCUT2D eigenvalue weighted by Crippen LogP contribution is -2.37. The highest BCUT2D eigenvalue weighted by Gasteiger charge is 2.24. The van der Waals surface area contributed by atoms with Gasteiger partial charge in [0.25, 0.3) is 5.91 Å². The van der Waals surface area contributed by atoms with Crippen molar-refractivity contribution in [2.75, 3.05) is 13.1 Å². The minimum atomic E-state index is 0.000123. The topological polar surface area (TPSA) is 58.4 Å². The average molecular weight is 309 g/mol. The van der Waals surface area contributed by atoms with Gasteiger partial charge in [0.1, 0.15) is 0 Å². The summed E-state index contributed by atoms with van der Waals surface area (Å²) in [6.45, 7) is 3.37. The number of carbonyl (C=O) groups excluding carboxylic acids is 1. The number of nitrogens with two attached hydrogens (primary N) is 1. The minimum absolute atomic E-state index is 0.000123. The van der Waals surface area contributed by atoms with Gasteiger partial charge in [-0.2, -0.15) is 0 Å². The third-order valence-electron chi connectivity index (χ3n) is 4.31. The van der Waals surface area contributed by atoms with E-state index < -0.39 is 0 Å². The number of hydrogen-bond acceptors (Lipinski definition) is 3. The molecule has 0 bridgehead atoms. The van der Waals surface area contributed by atoms with E-state index in [-0.39, 0.29) is 11.9 Å². The molecule has 1 amide bonds. The standard InChI is InChI=1S/C19H23N3O/c20-12-15-6-8-17(9-7-15)19(23)21-18-10-11-22(14-18)13-16-4-2-1-3-5-16/h1-9,18H,10-14,20H2,(H,21,23). The molecule has 0 radical (unpaired) electrons. The van der Waals surface area contributed by atoms with Crippen LogP contribution in [0.15, 0.2) is 54.6 Å². The van der Waals surface area contributed by atoms with Gasteiger partial charge in [-0.05, 0) is 29.7 Å². The van der Waals surface area contributed by atoms with Gasteiger partial charge in [0.2, 0.25) is 0 Å². The number of hydrogen-bond donors (Lipinski definition) is 2. The van der Waals surface area contributed by atoms with Gasteiger partial charge in [0, 0.05) is 37.8 Å². The number of carbonyl (C=O) groups is 1. The Labute approximate surface area is 137 Å². The van der Waals surface area contributed by atoms with Crippen molar-refractivity contribution in [3.05, 3.63) is 71.3 Å². The van der Waals surface area contributed by atoms with E-state index in [1.54, 1.807) is 0 Å². The number of amides is 1. The predicted octanol–water partition coefficient (Wildman–Crippen LogP) is 2.15. The van der Waals surface area contributed by atoms with E-state index in [1.165, 1.54) is 5.56 Å². The molecule has 23 heavy (non-hydrogen) atoms. The Kier molecular flexibility index (Phi) is 5.05. The van der Waals surface area contributed by atoms with Crippen LogP contribution in [0.1, 0.15) is 27.9 Å². The Hall–Kier alpha value is -2.17. The van der Waals surface area contributed by atoms with E-state index in [4.69, 9.17) is 5.73 Å². The van der Waals surface area contributed by atoms with Gasteiger partial charge < -0.3 is 11.1 Å². The predicted molar refractivity (Wildman–Crippen MR) is 91.9 cm³/mol. The molecule has 1 saturated heterocycles. The zero-order valence-electron chi connectivity index (χ0n) is 13.2. The largest absolute Gasteiger partial charge is 0.348 e. The van der Waals surface area contributed by atoms with Gasteiger partial charge in [-0.25, -0.2) is 0 Å². The van der Waals surface area contributed by atoms with E-state index in [0.717, 1.165) is 31.6 Å². The van der Waals surface area contributed by atoms with Crippen LogP contribution in [0.3, 0.4) is 0 Å². The van der Waals surface area contributed by atoms with Crippen LogP contribution in [-0.4, -0.2) is 29.9 Å². The van der Waals surface area contributed by atoms with Gasteiger partial charge in [-0.15, -0.1) is 0 Å². The van der Waals surface area contributed by atoms with Crippen molar-refractivity contribution in [3.8, 4) is 0 Å². The van der Waals surface area contributed by atoms with Crippen molar-refractivity contribution >= 4 is 5.91 Å². The highest BCUT2D eigenvalue weighted by atomic mass is 16.1. The summed E-state index contributed by atoms with van der Waals surface area (Å²) in [5.74, 6) is 0.000123. The number of likely N-dealkylation sites (tertiary alicyclic amines) is 1. The van der Waals surface area contributed by atoms with Crippen molar-refractivity contribution in [2.24, 2.45) is 5.73 Å². The lowest BCUT2D eigenvalue weighted by atomic mass is 10.1. The van der Waals surface area contributed by atoms with Crippen molar-refractivity contribution < 1.29 is 4.79 Å². The Morgan fingerprint density at radius 1 is 1.09 bits per heavy atom. The molecule has 0 saturated carbocycles. The Bertz CT molecular complexity index is 639. The minimum Gasteiger partial charge on any atom is -0.348 e. The zero-order chi connectivity index (χ0) is 16.1. The third-order valence-corrected chi connectivity index (χ3v) is 4.31. The molecule has 4 heteroatoms. The second kappa shape index (κ2) is 7.40. The van der Waals surface area contributed by atoms with Crippen LogP contribution in [0.4, 0.5) is 0 Å². The molecule has 1 aliphatic rings. The monoisotopic (exact) mass is 309 g/mol. The maximum absolute atomic E-state index is 12.3. The Balaban J connectivity index is 1.52. The molecular formula is C19H23N3O. The smallest absolute Gasteiger partial charge is 0.251 e. The zero-order valence-corrected chi connectivity index (χ0v) is 13.2. The number of benzene rings is 2. The summed E-state index contributed by atoms with van der Waals surface area (Å²) < 4.78 is 0. The van der Waals surface area contributed by atoms with Crippen molar-refractivity contribution in [3.63, 3.8) is 0 Å². The fourth-order valence-electron chi connectivity index (χ4n) is 3.00. The molecule has 120 valence electrons. The van der Waals surface area contributed by atoms with Gasteiger partial charge >= 0.3 is 0 Å². The second-order valence-corrected chi connectivity index (χ2v) is 6.08. The highest BCUT2D eigenvalue weighted by molar-refractivity contribution is 5.94. The van der Waals surface area contributed by atoms with Crippen LogP contribution in [-0.2, 0) is 13.1 Å². The van der Waals surface area contributed by atoms with E-state index in [2.05, 4.69) is 34.5 Å². The summed E-state index contributed by atoms with van der Waals surface area (Å²) >= 11 is 0. The molecule has 4 nitrogen and oxygen atoms in total.